The highest BCUT2D eigenvalue weighted by Crippen LogP contribution is 2.24. The number of carbonyl (C=O) groups excluding carboxylic acids is 2. The molecule has 0 saturated carbocycles. The lowest BCUT2D eigenvalue weighted by Crippen LogP contribution is -2.45. The Labute approximate surface area is 142 Å². The standard InChI is InChI=1S/C17H16N4O2S/c18-15(22)13(8-10-4-2-1-3-5-10)20-16(23)11-6-7-14-12(9-11)21-17(19)24-14/h1-7,9,13H,8H2,(H2,18,22)(H2,19,21)(H,20,23)/t13-/m0/s1. The molecule has 0 saturated heterocycles. The second-order valence-electron chi connectivity index (χ2n) is 5.35. The quantitative estimate of drug-likeness (QED) is 0.656. The third-order valence-electron chi connectivity index (χ3n) is 3.60. The highest BCUT2D eigenvalue weighted by molar-refractivity contribution is 7.22. The Morgan fingerprint density at radius 2 is 1.92 bits per heavy atom. The molecule has 24 heavy (non-hydrogen) atoms. The van der Waals surface area contributed by atoms with E-state index < -0.39 is 11.9 Å². The number of aromatic nitrogens is 1. The van der Waals surface area contributed by atoms with Crippen molar-refractivity contribution < 1.29 is 9.59 Å². The summed E-state index contributed by atoms with van der Waals surface area (Å²) in [5, 5.41) is 3.13. The van der Waals surface area contributed by atoms with Crippen LogP contribution < -0.4 is 16.8 Å². The number of fused-ring (bicyclic) bond motifs is 1. The van der Waals surface area contributed by atoms with Crippen molar-refractivity contribution in [2.45, 2.75) is 12.5 Å². The molecule has 7 heteroatoms. The van der Waals surface area contributed by atoms with E-state index in [1.54, 1.807) is 18.2 Å². The Morgan fingerprint density at radius 1 is 1.17 bits per heavy atom. The van der Waals surface area contributed by atoms with Gasteiger partial charge in [-0.1, -0.05) is 41.7 Å². The van der Waals surface area contributed by atoms with Gasteiger partial charge in [0.05, 0.1) is 10.2 Å². The van der Waals surface area contributed by atoms with E-state index in [1.165, 1.54) is 11.3 Å². The fourth-order valence-electron chi connectivity index (χ4n) is 2.40. The average molecular weight is 340 g/mol. The third kappa shape index (κ3) is 3.52. The fraction of sp³-hybridized carbons (Fsp3) is 0.118. The normalized spacial score (nSPS) is 12.0. The van der Waals surface area contributed by atoms with Crippen LogP contribution in [0.2, 0.25) is 0 Å². The first-order valence-corrected chi connectivity index (χ1v) is 8.15. The van der Waals surface area contributed by atoms with Crippen LogP contribution in [-0.4, -0.2) is 22.8 Å². The van der Waals surface area contributed by atoms with E-state index in [0.717, 1.165) is 10.3 Å². The van der Waals surface area contributed by atoms with Gasteiger partial charge in [0.2, 0.25) is 5.91 Å². The second kappa shape index (κ2) is 6.67. The number of primary amides is 1. The van der Waals surface area contributed by atoms with Crippen LogP contribution in [0, 0.1) is 0 Å². The van der Waals surface area contributed by atoms with Crippen LogP contribution in [0.25, 0.3) is 10.2 Å². The molecule has 0 radical (unpaired) electrons. The number of rotatable bonds is 5. The number of amides is 2. The molecule has 1 aromatic heterocycles. The van der Waals surface area contributed by atoms with Crippen molar-refractivity contribution in [2.24, 2.45) is 5.73 Å². The lowest BCUT2D eigenvalue weighted by molar-refractivity contribution is -0.119. The molecule has 6 nitrogen and oxygen atoms in total. The summed E-state index contributed by atoms with van der Waals surface area (Å²) in [5.41, 5.74) is 13.1. The molecule has 0 bridgehead atoms. The van der Waals surface area contributed by atoms with Crippen LogP contribution in [0.5, 0.6) is 0 Å². The second-order valence-corrected chi connectivity index (χ2v) is 6.41. The summed E-state index contributed by atoms with van der Waals surface area (Å²) in [5.74, 6) is -0.950. The van der Waals surface area contributed by atoms with Crippen molar-refractivity contribution in [1.82, 2.24) is 10.3 Å². The topological polar surface area (TPSA) is 111 Å². The Balaban J connectivity index is 1.78. The number of hydrogen-bond donors (Lipinski definition) is 3. The van der Waals surface area contributed by atoms with Gasteiger partial charge < -0.3 is 16.8 Å². The van der Waals surface area contributed by atoms with Crippen molar-refractivity contribution in [3.63, 3.8) is 0 Å². The first-order valence-electron chi connectivity index (χ1n) is 7.33. The maximum Gasteiger partial charge on any atom is 0.252 e. The summed E-state index contributed by atoms with van der Waals surface area (Å²) in [7, 11) is 0. The van der Waals surface area contributed by atoms with E-state index >= 15 is 0 Å². The van der Waals surface area contributed by atoms with Crippen LogP contribution in [0.3, 0.4) is 0 Å². The van der Waals surface area contributed by atoms with Crippen LogP contribution in [-0.2, 0) is 11.2 Å². The lowest BCUT2D eigenvalue weighted by Gasteiger charge is -2.15. The summed E-state index contributed by atoms with van der Waals surface area (Å²) in [6, 6.07) is 13.7. The van der Waals surface area contributed by atoms with Crippen LogP contribution in [0.4, 0.5) is 5.13 Å². The number of thiazole rings is 1. The maximum absolute atomic E-state index is 12.4. The van der Waals surface area contributed by atoms with Gasteiger partial charge in [-0.15, -0.1) is 0 Å². The van der Waals surface area contributed by atoms with Gasteiger partial charge in [0.1, 0.15) is 6.04 Å². The molecule has 0 spiro atoms. The number of nitrogens with zero attached hydrogens (tertiary/aromatic N) is 1. The Kier molecular flexibility index (Phi) is 4.43. The third-order valence-corrected chi connectivity index (χ3v) is 4.46. The van der Waals surface area contributed by atoms with Gasteiger partial charge in [-0.05, 0) is 23.8 Å². The van der Waals surface area contributed by atoms with Crippen molar-refractivity contribution >= 4 is 38.5 Å². The lowest BCUT2D eigenvalue weighted by atomic mass is 10.0. The predicted molar refractivity (Wildman–Crippen MR) is 94.6 cm³/mol. The Hall–Kier alpha value is -2.93. The van der Waals surface area contributed by atoms with E-state index in [4.69, 9.17) is 11.5 Å². The zero-order chi connectivity index (χ0) is 17.1. The molecule has 0 unspecified atom stereocenters. The highest BCUT2D eigenvalue weighted by Gasteiger charge is 2.20. The predicted octanol–water partition coefficient (Wildman–Crippen LogP) is 1.70. The zero-order valence-electron chi connectivity index (χ0n) is 12.7. The van der Waals surface area contributed by atoms with E-state index in [1.807, 2.05) is 30.3 Å². The van der Waals surface area contributed by atoms with Crippen molar-refractivity contribution in [3.8, 4) is 0 Å². The molecule has 5 N–H and O–H groups in total. The van der Waals surface area contributed by atoms with Crippen LogP contribution >= 0.6 is 11.3 Å². The number of carbonyl (C=O) groups is 2. The summed E-state index contributed by atoms with van der Waals surface area (Å²) < 4.78 is 0.903. The number of anilines is 1. The van der Waals surface area contributed by atoms with Crippen LogP contribution in [0.15, 0.2) is 48.5 Å². The van der Waals surface area contributed by atoms with Gasteiger partial charge in [-0.2, -0.15) is 0 Å². The van der Waals surface area contributed by atoms with Gasteiger partial charge in [0.15, 0.2) is 5.13 Å². The van der Waals surface area contributed by atoms with Crippen LogP contribution in [0.1, 0.15) is 15.9 Å². The summed E-state index contributed by atoms with van der Waals surface area (Å²) in [4.78, 5) is 28.3. The molecule has 1 heterocycles. The summed E-state index contributed by atoms with van der Waals surface area (Å²) in [6.45, 7) is 0. The molecule has 0 aliphatic rings. The molecular weight excluding hydrogens is 324 g/mol. The van der Waals surface area contributed by atoms with Crippen molar-refractivity contribution in [1.29, 1.82) is 0 Å². The van der Waals surface area contributed by atoms with Crippen molar-refractivity contribution in [3.05, 3.63) is 59.7 Å². The SMILES string of the molecule is NC(=O)[C@H](Cc1ccccc1)NC(=O)c1ccc2sc(N)nc2c1. The maximum atomic E-state index is 12.4. The molecular formula is C17H16N4O2S. The first kappa shape index (κ1) is 15.9. The largest absolute Gasteiger partial charge is 0.375 e. The molecule has 2 amide bonds. The van der Waals surface area contributed by atoms with E-state index in [0.29, 0.717) is 22.6 Å². The van der Waals surface area contributed by atoms with E-state index in [2.05, 4.69) is 10.3 Å². The average Bonchev–Trinajstić information content (AvgIpc) is 2.94. The summed E-state index contributed by atoms with van der Waals surface area (Å²) >= 11 is 1.35. The number of hydrogen-bond acceptors (Lipinski definition) is 5. The van der Waals surface area contributed by atoms with Gasteiger partial charge in [0, 0.05) is 12.0 Å². The monoisotopic (exact) mass is 340 g/mol. The molecule has 0 aliphatic carbocycles. The minimum absolute atomic E-state index is 0.341. The van der Waals surface area contributed by atoms with Gasteiger partial charge in [-0.25, -0.2) is 4.98 Å². The number of nitrogen functional groups attached to an aromatic ring is 1. The first-order chi connectivity index (χ1) is 11.5. The van der Waals surface area contributed by atoms with E-state index in [-0.39, 0.29) is 5.91 Å². The minimum atomic E-state index is -0.781. The molecule has 0 fully saturated rings. The molecule has 3 aromatic rings. The summed E-state index contributed by atoms with van der Waals surface area (Å²) in [6.07, 6.45) is 0.341. The number of nitrogens with two attached hydrogens (primary N) is 2. The highest BCUT2D eigenvalue weighted by atomic mass is 32.1. The van der Waals surface area contributed by atoms with E-state index in [9.17, 15) is 9.59 Å². The Morgan fingerprint density at radius 3 is 2.62 bits per heavy atom. The molecule has 122 valence electrons. The molecule has 1 atom stereocenters. The number of nitrogens with one attached hydrogen (secondary N) is 1. The zero-order valence-corrected chi connectivity index (χ0v) is 13.5. The molecule has 3 rings (SSSR count). The number of benzene rings is 2. The van der Waals surface area contributed by atoms with Crippen molar-refractivity contribution in [2.75, 3.05) is 5.73 Å². The van der Waals surface area contributed by atoms with Gasteiger partial charge in [-0.3, -0.25) is 9.59 Å². The molecule has 0 aliphatic heterocycles. The minimum Gasteiger partial charge on any atom is -0.375 e. The van der Waals surface area contributed by atoms with Gasteiger partial charge in [0.25, 0.3) is 5.91 Å². The van der Waals surface area contributed by atoms with Gasteiger partial charge >= 0.3 is 0 Å². The Bertz CT molecular complexity index is 892. The fourth-order valence-corrected chi connectivity index (χ4v) is 3.12. The smallest absolute Gasteiger partial charge is 0.252 e. The molecule has 2 aromatic carbocycles.